The molecule has 0 saturated carbocycles. The molecule has 0 atom stereocenters. The Hall–Kier alpha value is -2.98. The molecule has 4 nitrogen and oxygen atoms in total. The van der Waals surface area contributed by atoms with E-state index in [1.165, 1.54) is 11.3 Å². The van der Waals surface area contributed by atoms with Crippen LogP contribution >= 0.6 is 12.4 Å². The lowest BCUT2D eigenvalue weighted by Crippen LogP contribution is -2.37. The Morgan fingerprint density at radius 2 is 1.47 bits per heavy atom. The zero-order valence-electron chi connectivity index (χ0n) is 20.5. The highest BCUT2D eigenvalue weighted by molar-refractivity contribution is 5.88. The van der Waals surface area contributed by atoms with E-state index in [4.69, 9.17) is 4.74 Å². The molecule has 3 aromatic carbocycles. The minimum atomic E-state index is -0.916. The third-order valence-electron chi connectivity index (χ3n) is 5.82. The predicted octanol–water partition coefficient (Wildman–Crippen LogP) is 7.18. The van der Waals surface area contributed by atoms with E-state index in [1.54, 1.807) is 18.2 Å². The fourth-order valence-corrected chi connectivity index (χ4v) is 4.38. The molecule has 0 amide bonds. The second kappa shape index (κ2) is 13.0. The number of hydrogen-bond acceptors (Lipinski definition) is 3. The number of ether oxygens (including phenoxy) is 1. The normalized spacial score (nSPS) is 10.8. The first-order chi connectivity index (χ1) is 15.9. The molecule has 0 fully saturated rings. The number of nitrogens with zero attached hydrogens (tertiary/aromatic N) is 1. The summed E-state index contributed by atoms with van der Waals surface area (Å²) >= 11 is 0. The topological polar surface area (TPSA) is 49.8 Å². The third-order valence-corrected chi connectivity index (χ3v) is 5.82. The third kappa shape index (κ3) is 7.26. The predicted molar refractivity (Wildman–Crippen MR) is 143 cm³/mol. The maximum atomic E-state index is 11.5. The van der Waals surface area contributed by atoms with Crippen LogP contribution in [0.4, 0.5) is 5.69 Å². The van der Waals surface area contributed by atoms with Gasteiger partial charge in [-0.15, -0.1) is 12.4 Å². The monoisotopic (exact) mass is 481 g/mol. The first kappa shape index (κ1) is 27.3. The van der Waals surface area contributed by atoms with Crippen LogP contribution in [0.3, 0.4) is 0 Å². The van der Waals surface area contributed by atoms with Crippen molar-refractivity contribution in [3.63, 3.8) is 0 Å². The number of hydrogen-bond donors (Lipinski definition) is 1. The maximum Gasteiger partial charge on any atom is 0.335 e. The number of carboxylic acid groups (broad SMARTS) is 1. The van der Waals surface area contributed by atoms with Crippen LogP contribution in [0, 0.1) is 0 Å². The molecule has 1 N–H and O–H groups in total. The van der Waals surface area contributed by atoms with Gasteiger partial charge in [0.25, 0.3) is 0 Å². The highest BCUT2D eigenvalue weighted by Crippen LogP contribution is 2.28. The van der Waals surface area contributed by atoms with Gasteiger partial charge in [-0.05, 0) is 87.9 Å². The molecule has 0 bridgehead atoms. The molecular weight excluding hydrogens is 446 g/mol. The Morgan fingerprint density at radius 1 is 0.853 bits per heavy atom. The van der Waals surface area contributed by atoms with Crippen LogP contribution in [-0.4, -0.2) is 23.2 Å². The summed E-state index contributed by atoms with van der Waals surface area (Å²) in [5, 5.41) is 9.47. The van der Waals surface area contributed by atoms with Crippen LogP contribution in [-0.2, 0) is 19.4 Å². The SMILES string of the molecule is CC(C)N(c1ccccc1CCCc1cc(C(=O)O)ccc1OCc1ccccc1)C(C)C.Cl. The fourth-order valence-electron chi connectivity index (χ4n) is 4.38. The summed E-state index contributed by atoms with van der Waals surface area (Å²) in [6.45, 7) is 9.37. The molecule has 3 rings (SSSR count). The Labute approximate surface area is 210 Å². The molecule has 0 heterocycles. The van der Waals surface area contributed by atoms with E-state index in [0.29, 0.717) is 24.3 Å². The maximum absolute atomic E-state index is 11.5. The molecule has 0 saturated heterocycles. The molecule has 0 aliphatic rings. The lowest BCUT2D eigenvalue weighted by molar-refractivity contribution is 0.0696. The lowest BCUT2D eigenvalue weighted by Gasteiger charge is -2.34. The number of aromatic carboxylic acids is 1. The zero-order chi connectivity index (χ0) is 23.8. The number of benzene rings is 3. The second-order valence-corrected chi connectivity index (χ2v) is 8.98. The Balaban J connectivity index is 0.00000408. The summed E-state index contributed by atoms with van der Waals surface area (Å²) in [4.78, 5) is 14.0. The van der Waals surface area contributed by atoms with Crippen molar-refractivity contribution in [2.45, 2.75) is 65.6 Å². The zero-order valence-corrected chi connectivity index (χ0v) is 21.3. The molecule has 34 heavy (non-hydrogen) atoms. The van der Waals surface area contributed by atoms with Crippen LogP contribution in [0.2, 0.25) is 0 Å². The van der Waals surface area contributed by atoms with Crippen molar-refractivity contribution in [3.8, 4) is 5.75 Å². The van der Waals surface area contributed by atoms with Gasteiger partial charge in [-0.3, -0.25) is 0 Å². The Kier molecular flexibility index (Phi) is 10.5. The number of para-hydroxylation sites is 1. The van der Waals surface area contributed by atoms with Gasteiger partial charge < -0.3 is 14.7 Å². The van der Waals surface area contributed by atoms with E-state index in [1.807, 2.05) is 30.3 Å². The first-order valence-electron chi connectivity index (χ1n) is 11.8. The average Bonchev–Trinajstić information content (AvgIpc) is 2.79. The minimum absolute atomic E-state index is 0. The van der Waals surface area contributed by atoms with Gasteiger partial charge in [-0.1, -0.05) is 48.5 Å². The van der Waals surface area contributed by atoms with Crippen molar-refractivity contribution < 1.29 is 14.6 Å². The first-order valence-corrected chi connectivity index (χ1v) is 11.8. The molecule has 182 valence electrons. The van der Waals surface area contributed by atoms with E-state index in [-0.39, 0.29) is 12.4 Å². The summed E-state index contributed by atoms with van der Waals surface area (Å²) in [5.41, 5.74) is 4.92. The number of rotatable bonds is 11. The quantitative estimate of drug-likeness (QED) is 0.315. The summed E-state index contributed by atoms with van der Waals surface area (Å²) in [5.74, 6) is -0.163. The summed E-state index contributed by atoms with van der Waals surface area (Å²) < 4.78 is 6.08. The number of anilines is 1. The van der Waals surface area contributed by atoms with Crippen molar-refractivity contribution in [2.24, 2.45) is 0 Å². The van der Waals surface area contributed by atoms with Crippen LogP contribution in [0.1, 0.15) is 61.2 Å². The molecule has 5 heteroatoms. The van der Waals surface area contributed by atoms with Crippen molar-refractivity contribution in [3.05, 3.63) is 95.1 Å². The highest BCUT2D eigenvalue weighted by Gasteiger charge is 2.17. The molecule has 0 spiro atoms. The van der Waals surface area contributed by atoms with Crippen molar-refractivity contribution in [1.82, 2.24) is 0 Å². The van der Waals surface area contributed by atoms with Gasteiger partial charge in [0.1, 0.15) is 12.4 Å². The van der Waals surface area contributed by atoms with Gasteiger partial charge in [0.15, 0.2) is 0 Å². The van der Waals surface area contributed by atoms with Gasteiger partial charge >= 0.3 is 5.97 Å². The average molecular weight is 482 g/mol. The number of halogens is 1. The molecule has 3 aromatic rings. The second-order valence-electron chi connectivity index (χ2n) is 8.98. The van der Waals surface area contributed by atoms with Crippen molar-refractivity contribution in [2.75, 3.05) is 4.90 Å². The molecule has 0 unspecified atom stereocenters. The van der Waals surface area contributed by atoms with Gasteiger partial charge in [-0.2, -0.15) is 0 Å². The summed E-state index contributed by atoms with van der Waals surface area (Å²) in [6.07, 6.45) is 2.58. The van der Waals surface area contributed by atoms with Gasteiger partial charge in [-0.25, -0.2) is 4.79 Å². The van der Waals surface area contributed by atoms with Gasteiger partial charge in [0, 0.05) is 17.8 Å². The van der Waals surface area contributed by atoms with E-state index in [9.17, 15) is 9.90 Å². The number of aryl methyl sites for hydroxylation is 2. The fraction of sp³-hybridized carbons (Fsp3) is 0.345. The number of carboxylic acids is 1. The summed E-state index contributed by atoms with van der Waals surface area (Å²) in [6, 6.07) is 24.6. The standard InChI is InChI=1S/C29H35NO3.ClH/c1-21(2)30(22(3)4)27-16-9-8-13-24(27)14-10-15-25-19-26(29(31)32)17-18-28(25)33-20-23-11-6-5-7-12-23;/h5-9,11-13,16-19,21-22H,10,14-15,20H2,1-4H3,(H,31,32);1H. The van der Waals surface area contributed by atoms with Crippen LogP contribution in [0.15, 0.2) is 72.8 Å². The molecule has 0 radical (unpaired) electrons. The van der Waals surface area contributed by atoms with Crippen molar-refractivity contribution in [1.29, 1.82) is 0 Å². The largest absolute Gasteiger partial charge is 0.489 e. The van der Waals surface area contributed by atoms with Gasteiger partial charge in [0.2, 0.25) is 0 Å². The van der Waals surface area contributed by atoms with E-state index in [2.05, 4.69) is 56.9 Å². The lowest BCUT2D eigenvalue weighted by atomic mass is 9.99. The summed E-state index contributed by atoms with van der Waals surface area (Å²) in [7, 11) is 0. The van der Waals surface area contributed by atoms with E-state index in [0.717, 1.165) is 36.1 Å². The van der Waals surface area contributed by atoms with Gasteiger partial charge in [0.05, 0.1) is 5.56 Å². The van der Waals surface area contributed by atoms with Crippen LogP contribution < -0.4 is 9.64 Å². The smallest absolute Gasteiger partial charge is 0.335 e. The molecular formula is C29H36ClNO3. The van der Waals surface area contributed by atoms with E-state index < -0.39 is 5.97 Å². The number of carbonyl (C=O) groups is 1. The van der Waals surface area contributed by atoms with Crippen LogP contribution in [0.25, 0.3) is 0 Å². The van der Waals surface area contributed by atoms with E-state index >= 15 is 0 Å². The molecule has 0 aliphatic carbocycles. The van der Waals surface area contributed by atoms with Crippen molar-refractivity contribution >= 4 is 24.1 Å². The Morgan fingerprint density at radius 3 is 2.12 bits per heavy atom. The highest BCUT2D eigenvalue weighted by atomic mass is 35.5. The minimum Gasteiger partial charge on any atom is -0.489 e. The molecule has 0 aromatic heterocycles. The molecule has 0 aliphatic heterocycles. The van der Waals surface area contributed by atoms with Crippen LogP contribution in [0.5, 0.6) is 5.75 Å². The Bertz CT molecular complexity index is 1040.